The van der Waals surface area contributed by atoms with E-state index in [0.717, 1.165) is 30.9 Å². The third-order valence-corrected chi connectivity index (χ3v) is 4.34. The fourth-order valence-corrected chi connectivity index (χ4v) is 3.08. The molecule has 1 heterocycles. The number of anilines is 1. The van der Waals surface area contributed by atoms with Crippen LogP contribution in [-0.4, -0.2) is 42.4 Å². The molecule has 2 unspecified atom stereocenters. The van der Waals surface area contributed by atoms with Gasteiger partial charge in [-0.15, -0.1) is 0 Å². The zero-order valence-corrected chi connectivity index (χ0v) is 13.5. The number of β-amino-alcohol motifs (C(OH)–C–C–N with tert-alkyl or cyclic N) is 1. The standard InChI is InChI=1S/C19H24N2O2/c1-23-17-9-5-8-16(12-17)20-18-10-11-21(14-19(18)22)13-15-6-3-2-4-7-15/h2-9,12,18-20,22H,10-11,13-14H2,1H3. The number of nitrogens with zero attached hydrogens (tertiary/aromatic N) is 1. The topological polar surface area (TPSA) is 44.7 Å². The second kappa shape index (κ2) is 7.49. The number of nitrogens with one attached hydrogen (secondary N) is 1. The normalized spacial score (nSPS) is 21.8. The highest BCUT2D eigenvalue weighted by molar-refractivity contribution is 5.49. The van der Waals surface area contributed by atoms with Crippen LogP contribution in [0, 0.1) is 0 Å². The maximum absolute atomic E-state index is 10.5. The van der Waals surface area contributed by atoms with Crippen molar-refractivity contribution < 1.29 is 9.84 Å². The van der Waals surface area contributed by atoms with Gasteiger partial charge in [0.1, 0.15) is 5.75 Å². The number of methoxy groups -OCH3 is 1. The minimum Gasteiger partial charge on any atom is -0.497 e. The lowest BCUT2D eigenvalue weighted by Crippen LogP contribution is -2.49. The van der Waals surface area contributed by atoms with Crippen LogP contribution in [0.2, 0.25) is 0 Å². The van der Waals surface area contributed by atoms with Crippen LogP contribution in [0.15, 0.2) is 54.6 Å². The van der Waals surface area contributed by atoms with Crippen LogP contribution in [0.1, 0.15) is 12.0 Å². The van der Waals surface area contributed by atoms with Crippen molar-refractivity contribution in [3.63, 3.8) is 0 Å². The summed E-state index contributed by atoms with van der Waals surface area (Å²) in [5.41, 5.74) is 2.28. The quantitative estimate of drug-likeness (QED) is 0.891. The first kappa shape index (κ1) is 15.8. The zero-order valence-electron chi connectivity index (χ0n) is 13.5. The highest BCUT2D eigenvalue weighted by Gasteiger charge is 2.27. The van der Waals surface area contributed by atoms with Crippen LogP contribution in [0.4, 0.5) is 5.69 Å². The average Bonchev–Trinajstić information content (AvgIpc) is 2.58. The number of rotatable bonds is 5. The second-order valence-corrected chi connectivity index (χ2v) is 6.06. The molecular weight excluding hydrogens is 288 g/mol. The molecule has 2 aromatic carbocycles. The molecule has 0 saturated carbocycles. The molecule has 4 nitrogen and oxygen atoms in total. The predicted octanol–water partition coefficient (Wildman–Crippen LogP) is 2.74. The largest absolute Gasteiger partial charge is 0.497 e. The van der Waals surface area contributed by atoms with Gasteiger partial charge in [-0.25, -0.2) is 0 Å². The summed E-state index contributed by atoms with van der Waals surface area (Å²) in [7, 11) is 1.66. The number of aliphatic hydroxyl groups is 1. The zero-order chi connectivity index (χ0) is 16.1. The van der Waals surface area contributed by atoms with Gasteiger partial charge in [-0.2, -0.15) is 0 Å². The van der Waals surface area contributed by atoms with Gasteiger partial charge in [-0.1, -0.05) is 36.4 Å². The number of piperidine rings is 1. The first-order valence-corrected chi connectivity index (χ1v) is 8.09. The molecule has 1 fully saturated rings. The van der Waals surface area contributed by atoms with Crippen molar-refractivity contribution in [3.05, 3.63) is 60.2 Å². The van der Waals surface area contributed by atoms with Crippen molar-refractivity contribution in [2.24, 2.45) is 0 Å². The minimum atomic E-state index is -0.376. The number of hydrogen-bond donors (Lipinski definition) is 2. The van der Waals surface area contributed by atoms with Gasteiger partial charge in [-0.3, -0.25) is 4.90 Å². The summed E-state index contributed by atoms with van der Waals surface area (Å²) in [4.78, 5) is 2.31. The van der Waals surface area contributed by atoms with Gasteiger partial charge in [-0.05, 0) is 24.1 Å². The fraction of sp³-hybridized carbons (Fsp3) is 0.368. The summed E-state index contributed by atoms with van der Waals surface area (Å²) in [6, 6.07) is 18.3. The van der Waals surface area contributed by atoms with Crippen LogP contribution in [0.5, 0.6) is 5.75 Å². The van der Waals surface area contributed by atoms with E-state index in [4.69, 9.17) is 4.74 Å². The highest BCUT2D eigenvalue weighted by Crippen LogP contribution is 2.21. The van der Waals surface area contributed by atoms with E-state index in [1.807, 2.05) is 30.3 Å². The van der Waals surface area contributed by atoms with E-state index in [1.54, 1.807) is 7.11 Å². The van der Waals surface area contributed by atoms with Crippen LogP contribution < -0.4 is 10.1 Å². The molecule has 1 saturated heterocycles. The molecule has 2 aromatic rings. The minimum absolute atomic E-state index is 0.0779. The number of benzene rings is 2. The average molecular weight is 312 g/mol. The second-order valence-electron chi connectivity index (χ2n) is 6.06. The molecule has 0 bridgehead atoms. The Kier molecular flexibility index (Phi) is 5.16. The van der Waals surface area contributed by atoms with E-state index in [0.29, 0.717) is 6.54 Å². The molecule has 2 N–H and O–H groups in total. The molecule has 122 valence electrons. The molecule has 0 spiro atoms. The predicted molar refractivity (Wildman–Crippen MR) is 92.7 cm³/mol. The summed E-state index contributed by atoms with van der Waals surface area (Å²) in [6.45, 7) is 2.56. The maximum atomic E-state index is 10.5. The lowest BCUT2D eigenvalue weighted by atomic mass is 10.0. The van der Waals surface area contributed by atoms with Crippen molar-refractivity contribution >= 4 is 5.69 Å². The van der Waals surface area contributed by atoms with Crippen LogP contribution in [0.25, 0.3) is 0 Å². The summed E-state index contributed by atoms with van der Waals surface area (Å²) < 4.78 is 5.24. The summed E-state index contributed by atoms with van der Waals surface area (Å²) in [6.07, 6.45) is 0.546. The molecule has 0 radical (unpaired) electrons. The Balaban J connectivity index is 1.56. The fourth-order valence-electron chi connectivity index (χ4n) is 3.08. The van der Waals surface area contributed by atoms with Crippen molar-refractivity contribution in [1.29, 1.82) is 0 Å². The molecule has 1 aliphatic rings. The number of likely N-dealkylation sites (tertiary alicyclic amines) is 1. The maximum Gasteiger partial charge on any atom is 0.120 e. The lowest BCUT2D eigenvalue weighted by molar-refractivity contribution is 0.0562. The van der Waals surface area contributed by atoms with E-state index in [-0.39, 0.29) is 12.1 Å². The molecule has 2 atom stereocenters. The third-order valence-electron chi connectivity index (χ3n) is 4.34. The van der Waals surface area contributed by atoms with Crippen LogP contribution in [0.3, 0.4) is 0 Å². The Hall–Kier alpha value is -2.04. The van der Waals surface area contributed by atoms with Gasteiger partial charge >= 0.3 is 0 Å². The Morgan fingerprint density at radius 3 is 2.74 bits per heavy atom. The summed E-state index contributed by atoms with van der Waals surface area (Å²) in [5.74, 6) is 0.825. The highest BCUT2D eigenvalue weighted by atomic mass is 16.5. The molecule has 0 aliphatic carbocycles. The number of ether oxygens (including phenoxy) is 1. The smallest absolute Gasteiger partial charge is 0.120 e. The van der Waals surface area contributed by atoms with Gasteiger partial charge < -0.3 is 15.2 Å². The van der Waals surface area contributed by atoms with Gasteiger partial charge in [0.25, 0.3) is 0 Å². The summed E-state index contributed by atoms with van der Waals surface area (Å²) >= 11 is 0. The third kappa shape index (κ3) is 4.24. The monoisotopic (exact) mass is 312 g/mol. The van der Waals surface area contributed by atoms with Gasteiger partial charge in [0.2, 0.25) is 0 Å². The first-order valence-electron chi connectivity index (χ1n) is 8.09. The first-order chi connectivity index (χ1) is 11.2. The Morgan fingerprint density at radius 1 is 1.17 bits per heavy atom. The van der Waals surface area contributed by atoms with E-state index in [2.05, 4.69) is 34.5 Å². The number of aliphatic hydroxyl groups excluding tert-OH is 1. The van der Waals surface area contributed by atoms with Gasteiger partial charge in [0.05, 0.1) is 19.3 Å². The van der Waals surface area contributed by atoms with Gasteiger partial charge in [0, 0.05) is 31.4 Å². The van der Waals surface area contributed by atoms with E-state index in [1.165, 1.54) is 5.56 Å². The van der Waals surface area contributed by atoms with Crippen molar-refractivity contribution in [2.45, 2.75) is 25.1 Å². The molecule has 1 aliphatic heterocycles. The molecular formula is C19H24N2O2. The summed E-state index contributed by atoms with van der Waals surface area (Å²) in [5, 5.41) is 13.9. The van der Waals surface area contributed by atoms with Crippen molar-refractivity contribution in [1.82, 2.24) is 4.90 Å². The Labute approximate surface area is 137 Å². The van der Waals surface area contributed by atoms with Crippen molar-refractivity contribution in [2.75, 3.05) is 25.5 Å². The molecule has 4 heteroatoms. The van der Waals surface area contributed by atoms with Crippen LogP contribution >= 0.6 is 0 Å². The Morgan fingerprint density at radius 2 is 2.00 bits per heavy atom. The lowest BCUT2D eigenvalue weighted by Gasteiger charge is -2.36. The van der Waals surface area contributed by atoms with Crippen molar-refractivity contribution in [3.8, 4) is 5.75 Å². The van der Waals surface area contributed by atoms with Crippen LogP contribution in [-0.2, 0) is 6.54 Å². The molecule has 3 rings (SSSR count). The molecule has 0 aromatic heterocycles. The number of hydrogen-bond acceptors (Lipinski definition) is 4. The van der Waals surface area contributed by atoms with E-state index >= 15 is 0 Å². The SMILES string of the molecule is COc1cccc(NC2CCN(Cc3ccccc3)CC2O)c1. The molecule has 0 amide bonds. The Bertz CT molecular complexity index is 618. The van der Waals surface area contributed by atoms with Gasteiger partial charge in [0.15, 0.2) is 0 Å². The molecule has 23 heavy (non-hydrogen) atoms. The van der Waals surface area contributed by atoms with E-state index in [9.17, 15) is 5.11 Å². The van der Waals surface area contributed by atoms with E-state index < -0.39 is 0 Å².